The number of rotatable bonds is 7. The van der Waals surface area contributed by atoms with Gasteiger partial charge in [-0.1, -0.05) is 77.2 Å². The van der Waals surface area contributed by atoms with Gasteiger partial charge >= 0.3 is 0 Å². The number of allylic oxidation sites excluding steroid dienone is 4. The minimum absolute atomic E-state index is 0.324. The van der Waals surface area contributed by atoms with Crippen molar-refractivity contribution in [3.05, 3.63) is 23.8 Å². The van der Waals surface area contributed by atoms with E-state index < -0.39 is 0 Å². The Morgan fingerprint density at radius 1 is 1.00 bits per heavy atom. The zero-order valence-electron chi connectivity index (χ0n) is 12.0. The van der Waals surface area contributed by atoms with Gasteiger partial charge in [-0.15, -0.1) is 0 Å². The normalized spacial score (nSPS) is 13.7. The lowest BCUT2D eigenvalue weighted by Gasteiger charge is -2.23. The molecule has 0 fully saturated rings. The van der Waals surface area contributed by atoms with Crippen molar-refractivity contribution in [1.82, 2.24) is 0 Å². The average molecular weight is 222 g/mol. The molecule has 0 unspecified atom stereocenters. The van der Waals surface area contributed by atoms with Crippen LogP contribution >= 0.6 is 0 Å². The molecule has 0 bridgehead atoms. The van der Waals surface area contributed by atoms with E-state index in [0.29, 0.717) is 5.41 Å². The fourth-order valence-electron chi connectivity index (χ4n) is 1.84. The van der Waals surface area contributed by atoms with Crippen LogP contribution in [-0.4, -0.2) is 0 Å². The Balaban J connectivity index is 4.04. The molecule has 0 aliphatic rings. The van der Waals surface area contributed by atoms with E-state index in [4.69, 9.17) is 0 Å². The van der Waals surface area contributed by atoms with Crippen LogP contribution in [0.4, 0.5) is 0 Å². The lowest BCUT2D eigenvalue weighted by molar-refractivity contribution is 0.471. The van der Waals surface area contributed by atoms with E-state index >= 15 is 0 Å². The van der Waals surface area contributed by atoms with Crippen LogP contribution in [0.2, 0.25) is 0 Å². The van der Waals surface area contributed by atoms with E-state index in [2.05, 4.69) is 52.8 Å². The standard InChI is InChI=1S/C16H30/c1-6-8-10-11-12-14-15(13-9-7-2)16(3,4)5/h7,9,13H,6,8,10-12,14H2,1-5H3. The Hall–Kier alpha value is -0.520. The van der Waals surface area contributed by atoms with Crippen LogP contribution in [0.5, 0.6) is 0 Å². The highest BCUT2D eigenvalue weighted by Crippen LogP contribution is 2.29. The van der Waals surface area contributed by atoms with Crippen LogP contribution in [0.3, 0.4) is 0 Å². The Kier molecular flexibility index (Phi) is 8.33. The molecule has 94 valence electrons. The summed E-state index contributed by atoms with van der Waals surface area (Å²) in [6, 6.07) is 0. The molecule has 0 heteroatoms. The molecule has 0 aromatic carbocycles. The second-order valence-electron chi connectivity index (χ2n) is 5.63. The van der Waals surface area contributed by atoms with E-state index in [9.17, 15) is 0 Å². The molecule has 0 nitrogen and oxygen atoms in total. The van der Waals surface area contributed by atoms with Gasteiger partial charge in [0.15, 0.2) is 0 Å². The monoisotopic (exact) mass is 222 g/mol. The fourth-order valence-corrected chi connectivity index (χ4v) is 1.84. The third-order valence-electron chi connectivity index (χ3n) is 3.00. The molecule has 0 heterocycles. The average Bonchev–Trinajstić information content (AvgIpc) is 2.20. The highest BCUT2D eigenvalue weighted by Gasteiger charge is 2.15. The van der Waals surface area contributed by atoms with E-state index in [1.54, 1.807) is 5.57 Å². The minimum atomic E-state index is 0.324. The highest BCUT2D eigenvalue weighted by atomic mass is 14.2. The van der Waals surface area contributed by atoms with Crippen molar-refractivity contribution in [2.24, 2.45) is 5.41 Å². The van der Waals surface area contributed by atoms with Crippen LogP contribution in [0.1, 0.15) is 73.1 Å². The maximum Gasteiger partial charge on any atom is -0.0170 e. The summed E-state index contributed by atoms with van der Waals surface area (Å²) in [6.45, 7) is 11.3. The van der Waals surface area contributed by atoms with Gasteiger partial charge in [-0.05, 0) is 25.2 Å². The van der Waals surface area contributed by atoms with Crippen LogP contribution < -0.4 is 0 Å². The van der Waals surface area contributed by atoms with Crippen molar-refractivity contribution >= 4 is 0 Å². The summed E-state index contributed by atoms with van der Waals surface area (Å²) in [4.78, 5) is 0. The Morgan fingerprint density at radius 3 is 2.12 bits per heavy atom. The summed E-state index contributed by atoms with van der Waals surface area (Å²) in [5.41, 5.74) is 1.91. The van der Waals surface area contributed by atoms with Crippen molar-refractivity contribution < 1.29 is 0 Å². The quantitative estimate of drug-likeness (QED) is 0.372. The molecule has 16 heavy (non-hydrogen) atoms. The molecule has 0 saturated carbocycles. The van der Waals surface area contributed by atoms with Gasteiger partial charge in [-0.2, -0.15) is 0 Å². The molecule has 0 rings (SSSR count). The van der Waals surface area contributed by atoms with Gasteiger partial charge in [0.1, 0.15) is 0 Å². The van der Waals surface area contributed by atoms with E-state index in [-0.39, 0.29) is 0 Å². The van der Waals surface area contributed by atoms with E-state index in [1.165, 1.54) is 38.5 Å². The molecule has 0 aliphatic heterocycles. The lowest BCUT2D eigenvalue weighted by atomic mass is 9.83. The molecular formula is C16H30. The smallest absolute Gasteiger partial charge is 0.0170 e. The summed E-state index contributed by atoms with van der Waals surface area (Å²) in [5, 5.41) is 0. The molecule has 0 radical (unpaired) electrons. The Bertz CT molecular complexity index is 213. The minimum Gasteiger partial charge on any atom is -0.0877 e. The largest absolute Gasteiger partial charge is 0.0877 e. The molecule has 0 amide bonds. The number of hydrogen-bond acceptors (Lipinski definition) is 0. The van der Waals surface area contributed by atoms with Gasteiger partial charge in [0.2, 0.25) is 0 Å². The molecule has 0 N–H and O–H groups in total. The molecule has 0 saturated heterocycles. The van der Waals surface area contributed by atoms with Crippen molar-refractivity contribution in [3.8, 4) is 0 Å². The zero-order chi connectivity index (χ0) is 12.4. The lowest BCUT2D eigenvalue weighted by Crippen LogP contribution is -2.09. The van der Waals surface area contributed by atoms with Gasteiger partial charge in [-0.3, -0.25) is 0 Å². The van der Waals surface area contributed by atoms with Gasteiger partial charge in [0, 0.05) is 0 Å². The molecule has 0 spiro atoms. The van der Waals surface area contributed by atoms with Crippen LogP contribution in [0, 0.1) is 5.41 Å². The predicted molar refractivity (Wildman–Crippen MR) is 75.7 cm³/mol. The second kappa shape index (κ2) is 8.61. The van der Waals surface area contributed by atoms with Gasteiger partial charge in [-0.25, -0.2) is 0 Å². The fraction of sp³-hybridized carbons (Fsp3) is 0.750. The SMILES string of the molecule is CC=CC=C(CCCCCCC)C(C)(C)C. The maximum atomic E-state index is 2.31. The third kappa shape index (κ3) is 7.73. The Morgan fingerprint density at radius 2 is 1.62 bits per heavy atom. The van der Waals surface area contributed by atoms with Crippen molar-refractivity contribution in [3.63, 3.8) is 0 Å². The molecule has 0 aliphatic carbocycles. The first-order valence-corrected chi connectivity index (χ1v) is 6.84. The van der Waals surface area contributed by atoms with E-state index in [1.807, 2.05) is 0 Å². The number of unbranched alkanes of at least 4 members (excludes halogenated alkanes) is 4. The molecule has 0 aromatic heterocycles. The summed E-state index contributed by atoms with van der Waals surface area (Å²) in [6.07, 6.45) is 14.7. The van der Waals surface area contributed by atoms with Gasteiger partial charge < -0.3 is 0 Å². The van der Waals surface area contributed by atoms with E-state index in [0.717, 1.165) is 0 Å². The van der Waals surface area contributed by atoms with Crippen molar-refractivity contribution in [2.75, 3.05) is 0 Å². The summed E-state index contributed by atoms with van der Waals surface area (Å²) >= 11 is 0. The first kappa shape index (κ1) is 15.5. The zero-order valence-corrected chi connectivity index (χ0v) is 12.0. The topological polar surface area (TPSA) is 0 Å². The summed E-state index contributed by atoms with van der Waals surface area (Å²) in [7, 11) is 0. The Labute approximate surface area is 103 Å². The maximum absolute atomic E-state index is 2.31. The summed E-state index contributed by atoms with van der Waals surface area (Å²) < 4.78 is 0. The molecule has 0 aromatic rings. The first-order valence-electron chi connectivity index (χ1n) is 6.84. The highest BCUT2D eigenvalue weighted by molar-refractivity contribution is 5.17. The van der Waals surface area contributed by atoms with Crippen LogP contribution in [0.25, 0.3) is 0 Å². The van der Waals surface area contributed by atoms with Gasteiger partial charge in [0.05, 0.1) is 0 Å². The van der Waals surface area contributed by atoms with Crippen molar-refractivity contribution in [2.45, 2.75) is 73.1 Å². The van der Waals surface area contributed by atoms with Crippen LogP contribution in [0.15, 0.2) is 23.8 Å². The molecular weight excluding hydrogens is 192 g/mol. The molecule has 0 atom stereocenters. The summed E-state index contributed by atoms with van der Waals surface area (Å²) in [5.74, 6) is 0. The van der Waals surface area contributed by atoms with Crippen LogP contribution in [-0.2, 0) is 0 Å². The first-order chi connectivity index (χ1) is 7.52. The second-order valence-corrected chi connectivity index (χ2v) is 5.63. The number of hydrogen-bond donors (Lipinski definition) is 0. The van der Waals surface area contributed by atoms with Gasteiger partial charge in [0.25, 0.3) is 0 Å². The third-order valence-corrected chi connectivity index (χ3v) is 3.00. The predicted octanol–water partition coefficient (Wildman–Crippen LogP) is 5.90. The van der Waals surface area contributed by atoms with Crippen molar-refractivity contribution in [1.29, 1.82) is 0 Å².